The van der Waals surface area contributed by atoms with Crippen molar-refractivity contribution in [3.8, 4) is 33.9 Å². The third kappa shape index (κ3) is 9.38. The summed E-state index contributed by atoms with van der Waals surface area (Å²) in [5.41, 5.74) is 20.3. The molecule has 22 rings (SSSR count). The highest BCUT2D eigenvalue weighted by atomic mass is 79.9. The van der Waals surface area contributed by atoms with E-state index in [0.29, 0.717) is 11.0 Å². The van der Waals surface area contributed by atoms with Crippen LogP contribution in [0.15, 0.2) is 353 Å². The average Bonchev–Trinajstić information content (AvgIpc) is 1.56. The van der Waals surface area contributed by atoms with Gasteiger partial charge < -0.3 is 37.2 Å². The van der Waals surface area contributed by atoms with E-state index in [1.54, 1.807) is 12.1 Å². The zero-order chi connectivity index (χ0) is 67.7. The summed E-state index contributed by atoms with van der Waals surface area (Å²) in [7, 11) is -1.48. The maximum absolute atomic E-state index is 9.31. The Morgan fingerprint density at radius 3 is 1.19 bits per heavy atom. The van der Waals surface area contributed by atoms with Gasteiger partial charge in [0.05, 0.1) is 44.1 Å². The summed E-state index contributed by atoms with van der Waals surface area (Å²) < 4.78 is 22.6. The summed E-state index contributed by atoms with van der Waals surface area (Å²) in [4.78, 5) is 0. The van der Waals surface area contributed by atoms with Crippen molar-refractivity contribution < 1.29 is 18.9 Å². The topological polar surface area (TPSA) is 86.5 Å². The molecular formula is C92H58BBrN4O4. The molecule has 0 aliphatic carbocycles. The van der Waals surface area contributed by atoms with Crippen molar-refractivity contribution in [3.63, 3.8) is 0 Å². The molecule has 0 unspecified atom stereocenters. The first-order valence-corrected chi connectivity index (χ1v) is 35.1. The molecular weight excluding hydrogens is 1320 g/mol. The third-order valence-electron chi connectivity index (χ3n) is 20.5. The second kappa shape index (κ2) is 23.8. The molecule has 8 nitrogen and oxygen atoms in total. The van der Waals surface area contributed by atoms with Gasteiger partial charge >= 0.3 is 7.12 Å². The van der Waals surface area contributed by atoms with Crippen LogP contribution >= 0.6 is 15.9 Å². The Morgan fingerprint density at radius 1 is 0.245 bits per heavy atom. The SMILES string of the molecule is Brc1cccc(-n2c3ccccc3c3cc4c5c6ccccc6ccc5n(-c5ccccc5)c4cc32)c1.OB(O)c1cccc2oc3ccccc3c12.c1ccc(-n2c3cc4c(cc3c3c5ccccc5ccc32)c2ccccc2n4-c2cccc(-c3cccc4oc5ccccc5c34)c2)cc1. The maximum Gasteiger partial charge on any atom is 0.489 e. The molecule has 0 spiro atoms. The fourth-order valence-corrected chi connectivity index (χ4v) is 16.6. The fourth-order valence-electron chi connectivity index (χ4n) is 16.2. The van der Waals surface area contributed by atoms with E-state index in [-0.39, 0.29) is 0 Å². The summed E-state index contributed by atoms with van der Waals surface area (Å²) in [5, 5.41) is 37.8. The number of nitrogens with zero attached hydrogens (tertiary/aromatic N) is 4. The quantitative estimate of drug-likeness (QED) is 0.162. The van der Waals surface area contributed by atoms with Crippen molar-refractivity contribution in [2.24, 2.45) is 0 Å². The van der Waals surface area contributed by atoms with Gasteiger partial charge in [-0.2, -0.15) is 0 Å². The van der Waals surface area contributed by atoms with Crippen LogP contribution in [0.1, 0.15) is 0 Å². The first-order chi connectivity index (χ1) is 50.4. The molecule has 6 aromatic heterocycles. The minimum absolute atomic E-state index is 0.474. The Labute approximate surface area is 592 Å². The first-order valence-electron chi connectivity index (χ1n) is 34.3. The number of hydrogen-bond donors (Lipinski definition) is 2. The molecule has 0 aliphatic rings. The fraction of sp³-hybridized carbons (Fsp3) is 0. The van der Waals surface area contributed by atoms with Crippen molar-refractivity contribution >= 4 is 181 Å². The molecule has 0 atom stereocenters. The molecule has 480 valence electrons. The smallest absolute Gasteiger partial charge is 0.456 e. The molecule has 6 heterocycles. The molecule has 10 heteroatoms. The lowest BCUT2D eigenvalue weighted by Crippen LogP contribution is -2.30. The van der Waals surface area contributed by atoms with Crippen LogP contribution in [-0.4, -0.2) is 35.4 Å². The molecule has 0 amide bonds. The number of halogens is 1. The normalized spacial score (nSPS) is 11.9. The van der Waals surface area contributed by atoms with Crippen LogP contribution in [0.3, 0.4) is 0 Å². The van der Waals surface area contributed by atoms with Gasteiger partial charge in [0.1, 0.15) is 22.3 Å². The van der Waals surface area contributed by atoms with E-state index in [1.807, 2.05) is 42.5 Å². The van der Waals surface area contributed by atoms with Gasteiger partial charge in [-0.15, -0.1) is 0 Å². The highest BCUT2D eigenvalue weighted by Crippen LogP contribution is 2.46. The minimum atomic E-state index is -1.48. The van der Waals surface area contributed by atoms with Gasteiger partial charge in [0.2, 0.25) is 0 Å². The minimum Gasteiger partial charge on any atom is -0.456 e. The standard InChI is InChI=1S/C46H28N2O.C34H21BrN2.C12H9BO3/c1-2-14-31(15-3-1)47-40-25-24-29-12-4-5-17-33(29)45(40)38-27-37-35-18-6-8-21-39(35)48(41(37)28-42(38)47)32-16-10-13-30(26-32)34-20-11-23-44-46(34)36-19-7-9-22-43(36)49-44;35-23-10-8-13-25(19-23)37-30-16-7-6-15-27(30)28-20-29-33(21-32(28)37)36(24-11-2-1-3-12-24)31-18-17-22-9-4-5-14-26(22)34(29)31;14-13(15)9-5-3-7-11-12(9)8-4-1-2-6-10(8)16-11/h1-28H;1-21H;1-7,14-15H. The summed E-state index contributed by atoms with van der Waals surface area (Å²) in [5.74, 6) is 0. The van der Waals surface area contributed by atoms with Crippen molar-refractivity contribution in [3.05, 3.63) is 344 Å². The predicted octanol–water partition coefficient (Wildman–Crippen LogP) is 23.7. The van der Waals surface area contributed by atoms with Gasteiger partial charge in [-0.3, -0.25) is 0 Å². The molecule has 0 radical (unpaired) electrons. The van der Waals surface area contributed by atoms with Crippen LogP contribution in [0.4, 0.5) is 0 Å². The van der Waals surface area contributed by atoms with Crippen LogP contribution in [0.25, 0.3) is 187 Å². The van der Waals surface area contributed by atoms with E-state index in [1.165, 1.54) is 120 Å². The molecule has 22 aromatic rings. The van der Waals surface area contributed by atoms with E-state index in [9.17, 15) is 10.0 Å². The highest BCUT2D eigenvalue weighted by molar-refractivity contribution is 9.10. The third-order valence-corrected chi connectivity index (χ3v) is 21.0. The van der Waals surface area contributed by atoms with Crippen LogP contribution in [-0.2, 0) is 0 Å². The molecule has 102 heavy (non-hydrogen) atoms. The highest BCUT2D eigenvalue weighted by Gasteiger charge is 2.24. The van der Waals surface area contributed by atoms with E-state index >= 15 is 0 Å². The molecule has 0 saturated heterocycles. The number of furan rings is 2. The molecule has 16 aromatic carbocycles. The zero-order valence-electron chi connectivity index (χ0n) is 54.8. The summed E-state index contributed by atoms with van der Waals surface area (Å²) in [6, 6.07) is 120. The van der Waals surface area contributed by atoms with Gasteiger partial charge in [-0.05, 0) is 166 Å². The molecule has 0 bridgehead atoms. The monoisotopic (exact) mass is 1370 g/mol. The molecule has 0 fully saturated rings. The lowest BCUT2D eigenvalue weighted by Gasteiger charge is -2.12. The van der Waals surface area contributed by atoms with Gasteiger partial charge in [0, 0.05) is 91.9 Å². The molecule has 0 aliphatic heterocycles. The largest absolute Gasteiger partial charge is 0.489 e. The van der Waals surface area contributed by atoms with Crippen LogP contribution in [0.5, 0.6) is 0 Å². The van der Waals surface area contributed by atoms with Gasteiger partial charge in [0.15, 0.2) is 0 Å². The number of rotatable bonds is 6. The van der Waals surface area contributed by atoms with E-state index in [0.717, 1.165) is 65.4 Å². The summed E-state index contributed by atoms with van der Waals surface area (Å²) in [6.45, 7) is 0. The van der Waals surface area contributed by atoms with Crippen molar-refractivity contribution in [1.29, 1.82) is 0 Å². The van der Waals surface area contributed by atoms with Gasteiger partial charge in [-0.1, -0.05) is 228 Å². The van der Waals surface area contributed by atoms with Crippen LogP contribution in [0.2, 0.25) is 0 Å². The number of benzene rings is 16. The summed E-state index contributed by atoms with van der Waals surface area (Å²) >= 11 is 3.69. The number of fused-ring (bicyclic) bond motifs is 22. The van der Waals surface area contributed by atoms with E-state index < -0.39 is 7.12 Å². The average molecular weight is 1370 g/mol. The van der Waals surface area contributed by atoms with Gasteiger partial charge in [0.25, 0.3) is 0 Å². The second-order valence-electron chi connectivity index (χ2n) is 26.2. The number of para-hydroxylation sites is 6. The Kier molecular flexibility index (Phi) is 13.8. The van der Waals surface area contributed by atoms with Crippen molar-refractivity contribution in [1.82, 2.24) is 18.3 Å². The Hall–Kier alpha value is -12.7. The zero-order valence-corrected chi connectivity index (χ0v) is 56.4. The Bertz CT molecular complexity index is 7140. The lowest BCUT2D eigenvalue weighted by molar-refractivity contribution is 0.426. The molecule has 0 saturated carbocycles. The van der Waals surface area contributed by atoms with Crippen LogP contribution < -0.4 is 5.46 Å². The molecule has 2 N–H and O–H groups in total. The maximum atomic E-state index is 9.31. The number of aromatic nitrogens is 4. The van der Waals surface area contributed by atoms with E-state index in [4.69, 9.17) is 8.83 Å². The van der Waals surface area contributed by atoms with Crippen LogP contribution in [0, 0.1) is 0 Å². The predicted molar refractivity (Wildman–Crippen MR) is 429 cm³/mol. The van der Waals surface area contributed by atoms with Crippen molar-refractivity contribution in [2.75, 3.05) is 0 Å². The number of hydrogen-bond acceptors (Lipinski definition) is 4. The lowest BCUT2D eigenvalue weighted by atomic mass is 9.77. The van der Waals surface area contributed by atoms with Crippen molar-refractivity contribution in [2.45, 2.75) is 0 Å². The Balaban J connectivity index is 0.000000115. The van der Waals surface area contributed by atoms with Gasteiger partial charge in [-0.25, -0.2) is 0 Å². The first kappa shape index (κ1) is 59.4. The van der Waals surface area contributed by atoms with E-state index in [2.05, 4.69) is 319 Å². The summed E-state index contributed by atoms with van der Waals surface area (Å²) in [6.07, 6.45) is 0. The second-order valence-corrected chi connectivity index (χ2v) is 27.1. The Morgan fingerprint density at radius 2 is 0.647 bits per heavy atom.